The van der Waals surface area contributed by atoms with E-state index in [0.717, 1.165) is 5.56 Å². The predicted octanol–water partition coefficient (Wildman–Crippen LogP) is 2.31. The van der Waals surface area contributed by atoms with Crippen molar-refractivity contribution in [1.82, 2.24) is 4.72 Å². The quantitative estimate of drug-likeness (QED) is 0.587. The maximum Gasteiger partial charge on any atom is 0.322 e. The first-order chi connectivity index (χ1) is 12.8. The largest absolute Gasteiger partial charge is 0.480 e. The summed E-state index contributed by atoms with van der Waals surface area (Å²) in [4.78, 5) is 22.4. The molecule has 1 atom stereocenters. The van der Waals surface area contributed by atoms with Gasteiger partial charge >= 0.3 is 5.97 Å². The lowest BCUT2D eigenvalue weighted by Gasteiger charge is -2.15. The molecule has 2 rings (SSSR count). The van der Waals surface area contributed by atoms with Crippen molar-refractivity contribution in [3.8, 4) is 0 Å². The van der Waals surface area contributed by atoms with Crippen molar-refractivity contribution in [3.63, 3.8) is 0 Å². The number of benzene rings is 2. The molecular formula is C18H20N2O5S2. The lowest BCUT2D eigenvalue weighted by atomic mass is 10.2. The highest BCUT2D eigenvalue weighted by atomic mass is 32.2. The van der Waals surface area contributed by atoms with Gasteiger partial charge in [-0.2, -0.15) is 16.5 Å². The third kappa shape index (κ3) is 6.70. The van der Waals surface area contributed by atoms with Crippen LogP contribution in [0.3, 0.4) is 0 Å². The molecule has 144 valence electrons. The standard InChI is InChI=1S/C18H20N2O5S2/c1-13(21)19-15-7-9-16(10-8-15)27(24,25)20-17(18(22)23)12-26-11-14-5-3-2-4-6-14/h2-10,17,20H,11-12H2,1H3,(H,19,21)(H,22,23)/t17-/m1/s1. The van der Waals surface area contributed by atoms with Crippen LogP contribution >= 0.6 is 11.8 Å². The second-order valence-corrected chi connectivity index (χ2v) is 8.46. The summed E-state index contributed by atoms with van der Waals surface area (Å²) in [6, 6.07) is 13.8. The normalized spacial score (nSPS) is 12.3. The summed E-state index contributed by atoms with van der Waals surface area (Å²) in [5.74, 6) is -0.843. The lowest BCUT2D eigenvalue weighted by Crippen LogP contribution is -2.42. The molecule has 2 aromatic carbocycles. The van der Waals surface area contributed by atoms with E-state index in [1.807, 2.05) is 30.3 Å². The van der Waals surface area contributed by atoms with Crippen LogP contribution < -0.4 is 10.0 Å². The van der Waals surface area contributed by atoms with Crippen LogP contribution in [0.15, 0.2) is 59.5 Å². The number of carbonyl (C=O) groups is 2. The van der Waals surface area contributed by atoms with Gasteiger partial charge in [-0.15, -0.1) is 0 Å². The van der Waals surface area contributed by atoms with Crippen LogP contribution in [0.4, 0.5) is 5.69 Å². The molecule has 0 bridgehead atoms. The van der Waals surface area contributed by atoms with Gasteiger partial charge in [0.1, 0.15) is 6.04 Å². The van der Waals surface area contributed by atoms with E-state index in [1.54, 1.807) is 0 Å². The number of carboxylic acids is 1. The van der Waals surface area contributed by atoms with Gasteiger partial charge in [-0.25, -0.2) is 8.42 Å². The number of nitrogens with one attached hydrogen (secondary N) is 2. The summed E-state index contributed by atoms with van der Waals surface area (Å²) in [6.07, 6.45) is 0. The van der Waals surface area contributed by atoms with E-state index < -0.39 is 22.0 Å². The van der Waals surface area contributed by atoms with Crippen LogP contribution in [-0.4, -0.2) is 37.2 Å². The topological polar surface area (TPSA) is 113 Å². The third-order valence-corrected chi connectivity index (χ3v) is 6.07. The van der Waals surface area contributed by atoms with Crippen molar-refractivity contribution in [2.45, 2.75) is 23.6 Å². The highest BCUT2D eigenvalue weighted by Crippen LogP contribution is 2.17. The monoisotopic (exact) mass is 408 g/mol. The number of thioether (sulfide) groups is 1. The Morgan fingerprint density at radius 1 is 1.07 bits per heavy atom. The number of amides is 1. The summed E-state index contributed by atoms with van der Waals surface area (Å²) in [5.41, 5.74) is 1.48. The highest BCUT2D eigenvalue weighted by Gasteiger charge is 2.25. The van der Waals surface area contributed by atoms with Crippen LogP contribution in [0, 0.1) is 0 Å². The molecule has 0 saturated carbocycles. The van der Waals surface area contributed by atoms with E-state index in [1.165, 1.54) is 43.0 Å². The Morgan fingerprint density at radius 2 is 1.70 bits per heavy atom. The average Bonchev–Trinajstić information content (AvgIpc) is 2.61. The first-order valence-corrected chi connectivity index (χ1v) is 10.7. The predicted molar refractivity (Wildman–Crippen MR) is 105 cm³/mol. The lowest BCUT2D eigenvalue weighted by molar-refractivity contribution is -0.138. The zero-order chi connectivity index (χ0) is 19.9. The summed E-state index contributed by atoms with van der Waals surface area (Å²) in [7, 11) is -4.00. The van der Waals surface area contributed by atoms with E-state index in [0.29, 0.717) is 11.4 Å². The Bertz CT molecular complexity index is 884. The van der Waals surface area contributed by atoms with Gasteiger partial charge in [0.15, 0.2) is 0 Å². The van der Waals surface area contributed by atoms with E-state index in [-0.39, 0.29) is 16.6 Å². The molecule has 9 heteroatoms. The molecule has 0 aromatic heterocycles. The van der Waals surface area contributed by atoms with Gasteiger partial charge in [-0.05, 0) is 29.8 Å². The molecule has 0 aliphatic carbocycles. The van der Waals surface area contributed by atoms with Crippen molar-refractivity contribution in [2.75, 3.05) is 11.1 Å². The second-order valence-electron chi connectivity index (χ2n) is 5.72. The Morgan fingerprint density at radius 3 is 2.26 bits per heavy atom. The van der Waals surface area contributed by atoms with Crippen LogP contribution in [0.5, 0.6) is 0 Å². The molecule has 7 nitrogen and oxygen atoms in total. The number of sulfonamides is 1. The van der Waals surface area contributed by atoms with Crippen LogP contribution in [0.1, 0.15) is 12.5 Å². The number of rotatable bonds is 9. The minimum absolute atomic E-state index is 0.0732. The van der Waals surface area contributed by atoms with E-state index in [2.05, 4.69) is 10.0 Å². The second kappa shape index (κ2) is 9.54. The zero-order valence-electron chi connectivity index (χ0n) is 14.6. The summed E-state index contributed by atoms with van der Waals surface area (Å²) in [5, 5.41) is 11.9. The molecule has 0 aliphatic rings. The Labute approximate surface area is 162 Å². The van der Waals surface area contributed by atoms with Gasteiger partial charge in [0.25, 0.3) is 0 Å². The average molecular weight is 409 g/mol. The number of carboxylic acid groups (broad SMARTS) is 1. The van der Waals surface area contributed by atoms with Gasteiger partial charge in [0.2, 0.25) is 15.9 Å². The van der Waals surface area contributed by atoms with Crippen LogP contribution in [0.25, 0.3) is 0 Å². The molecule has 0 heterocycles. The molecule has 1 amide bonds. The van der Waals surface area contributed by atoms with Crippen LogP contribution in [0.2, 0.25) is 0 Å². The van der Waals surface area contributed by atoms with E-state index in [4.69, 9.17) is 0 Å². The molecule has 3 N–H and O–H groups in total. The van der Waals surface area contributed by atoms with Crippen molar-refractivity contribution < 1.29 is 23.1 Å². The minimum Gasteiger partial charge on any atom is -0.480 e. The molecular weight excluding hydrogens is 388 g/mol. The number of hydrogen-bond donors (Lipinski definition) is 3. The van der Waals surface area contributed by atoms with E-state index in [9.17, 15) is 23.1 Å². The summed E-state index contributed by atoms with van der Waals surface area (Å²) >= 11 is 1.33. The van der Waals surface area contributed by atoms with Gasteiger partial charge < -0.3 is 10.4 Å². The first-order valence-electron chi connectivity index (χ1n) is 8.02. The molecule has 0 saturated heterocycles. The number of aliphatic carboxylic acids is 1. The number of anilines is 1. The first kappa shape index (κ1) is 20.9. The fourth-order valence-corrected chi connectivity index (χ4v) is 4.50. The summed E-state index contributed by atoms with van der Waals surface area (Å²) < 4.78 is 27.1. The van der Waals surface area contributed by atoms with Gasteiger partial charge in [-0.1, -0.05) is 30.3 Å². The van der Waals surface area contributed by atoms with Crippen LogP contribution in [-0.2, 0) is 25.4 Å². The fourth-order valence-electron chi connectivity index (χ4n) is 2.20. The fraction of sp³-hybridized carbons (Fsp3) is 0.222. The maximum atomic E-state index is 12.4. The highest BCUT2D eigenvalue weighted by molar-refractivity contribution is 7.98. The maximum absolute atomic E-state index is 12.4. The smallest absolute Gasteiger partial charge is 0.322 e. The molecule has 2 aromatic rings. The Balaban J connectivity index is 2.01. The summed E-state index contributed by atoms with van der Waals surface area (Å²) in [6.45, 7) is 1.34. The van der Waals surface area contributed by atoms with Crippen molar-refractivity contribution in [3.05, 3.63) is 60.2 Å². The molecule has 0 unspecified atom stereocenters. The molecule has 0 spiro atoms. The Kier molecular flexibility index (Phi) is 7.40. The zero-order valence-corrected chi connectivity index (χ0v) is 16.2. The molecule has 27 heavy (non-hydrogen) atoms. The Hall–Kier alpha value is -2.36. The van der Waals surface area contributed by atoms with Crippen molar-refractivity contribution in [1.29, 1.82) is 0 Å². The SMILES string of the molecule is CC(=O)Nc1ccc(S(=O)(=O)N[C@H](CSCc2ccccc2)C(=O)O)cc1. The van der Waals surface area contributed by atoms with Gasteiger partial charge in [0.05, 0.1) is 4.90 Å². The third-order valence-electron chi connectivity index (χ3n) is 3.48. The van der Waals surface area contributed by atoms with Gasteiger partial charge in [0, 0.05) is 24.1 Å². The van der Waals surface area contributed by atoms with Gasteiger partial charge in [-0.3, -0.25) is 9.59 Å². The van der Waals surface area contributed by atoms with E-state index >= 15 is 0 Å². The van der Waals surface area contributed by atoms with Crippen molar-refractivity contribution >= 4 is 39.3 Å². The van der Waals surface area contributed by atoms with Crippen molar-refractivity contribution in [2.24, 2.45) is 0 Å². The number of carbonyl (C=O) groups excluding carboxylic acids is 1. The minimum atomic E-state index is -4.00. The molecule has 0 radical (unpaired) electrons. The molecule has 0 aliphatic heterocycles. The molecule has 0 fully saturated rings. The number of hydrogen-bond acceptors (Lipinski definition) is 5.